The van der Waals surface area contributed by atoms with Crippen molar-refractivity contribution >= 4 is 17.5 Å². The van der Waals surface area contributed by atoms with Gasteiger partial charge >= 0.3 is 6.61 Å². The van der Waals surface area contributed by atoms with Crippen molar-refractivity contribution in [2.75, 3.05) is 19.0 Å². The molecule has 1 aromatic carbocycles. The van der Waals surface area contributed by atoms with E-state index in [0.717, 1.165) is 5.56 Å². The zero-order valence-corrected chi connectivity index (χ0v) is 14.9. The van der Waals surface area contributed by atoms with Crippen LogP contribution in [-0.4, -0.2) is 40.5 Å². The molecule has 0 unspecified atom stereocenters. The smallest absolute Gasteiger partial charge is 0.388 e. The average molecular weight is 380 g/mol. The predicted molar refractivity (Wildman–Crippen MR) is 94.8 cm³/mol. The van der Waals surface area contributed by atoms with Crippen molar-refractivity contribution in [3.8, 4) is 17.0 Å². The molecule has 2 aromatic heterocycles. The molecule has 3 rings (SSSR count). The first-order valence-electron chi connectivity index (χ1n) is 7.69. The molecular formula is C17H16ClF2N5O. The summed E-state index contributed by atoms with van der Waals surface area (Å²) in [7, 11) is 3.68. The third-order valence-corrected chi connectivity index (χ3v) is 3.75. The molecule has 2 heterocycles. The normalized spacial score (nSPS) is 11.0. The van der Waals surface area contributed by atoms with E-state index in [9.17, 15) is 8.78 Å². The summed E-state index contributed by atoms with van der Waals surface area (Å²) >= 11 is 6.02. The van der Waals surface area contributed by atoms with Crippen molar-refractivity contribution in [2.24, 2.45) is 0 Å². The van der Waals surface area contributed by atoms with Gasteiger partial charge in [0.1, 0.15) is 6.33 Å². The van der Waals surface area contributed by atoms with Crippen LogP contribution >= 0.6 is 11.6 Å². The maximum Gasteiger partial charge on any atom is 0.388 e. The molecule has 0 aliphatic rings. The van der Waals surface area contributed by atoms with Crippen LogP contribution < -0.4 is 9.64 Å². The first-order chi connectivity index (χ1) is 12.4. The molecule has 0 spiro atoms. The zero-order chi connectivity index (χ0) is 18.7. The Balaban J connectivity index is 1.95. The second-order valence-corrected chi connectivity index (χ2v) is 6.16. The third kappa shape index (κ3) is 4.26. The van der Waals surface area contributed by atoms with Gasteiger partial charge < -0.3 is 9.64 Å². The van der Waals surface area contributed by atoms with Crippen molar-refractivity contribution in [1.29, 1.82) is 0 Å². The van der Waals surface area contributed by atoms with Crippen molar-refractivity contribution in [2.45, 2.75) is 13.2 Å². The third-order valence-electron chi connectivity index (χ3n) is 3.51. The van der Waals surface area contributed by atoms with Crippen LogP contribution in [-0.2, 0) is 6.54 Å². The molecule has 9 heteroatoms. The molecule has 0 radical (unpaired) electrons. The summed E-state index contributed by atoms with van der Waals surface area (Å²) in [4.78, 5) is 10.0. The van der Waals surface area contributed by atoms with E-state index in [1.165, 1.54) is 6.20 Å². The minimum absolute atomic E-state index is 0.154. The van der Waals surface area contributed by atoms with Crippen LogP contribution in [0.5, 0.6) is 5.88 Å². The summed E-state index contributed by atoms with van der Waals surface area (Å²) in [5, 5.41) is 4.81. The number of rotatable bonds is 6. The van der Waals surface area contributed by atoms with Crippen LogP contribution in [0.2, 0.25) is 5.02 Å². The highest BCUT2D eigenvalue weighted by Crippen LogP contribution is 2.31. The van der Waals surface area contributed by atoms with Gasteiger partial charge in [-0.25, -0.2) is 14.6 Å². The number of benzene rings is 1. The van der Waals surface area contributed by atoms with Gasteiger partial charge in [-0.3, -0.25) is 0 Å². The van der Waals surface area contributed by atoms with Crippen LogP contribution in [0.4, 0.5) is 14.7 Å². The van der Waals surface area contributed by atoms with Crippen LogP contribution in [0.25, 0.3) is 11.1 Å². The SMILES string of the molecule is CN(C)c1ncn(Cc2cnc(OC(F)F)c(-c3cccc(Cl)c3)c2)n1. The van der Waals surface area contributed by atoms with Gasteiger partial charge in [0.2, 0.25) is 11.8 Å². The quantitative estimate of drug-likeness (QED) is 0.653. The molecule has 0 N–H and O–H groups in total. The number of aromatic nitrogens is 4. The second-order valence-electron chi connectivity index (χ2n) is 5.72. The fourth-order valence-electron chi connectivity index (χ4n) is 2.38. The fourth-order valence-corrected chi connectivity index (χ4v) is 2.57. The summed E-state index contributed by atoms with van der Waals surface area (Å²) in [6, 6.07) is 8.59. The summed E-state index contributed by atoms with van der Waals surface area (Å²) in [6.07, 6.45) is 3.07. The molecule has 26 heavy (non-hydrogen) atoms. The van der Waals surface area contributed by atoms with E-state index in [1.54, 1.807) is 46.2 Å². The Morgan fingerprint density at radius 2 is 2.04 bits per heavy atom. The monoisotopic (exact) mass is 379 g/mol. The lowest BCUT2D eigenvalue weighted by Crippen LogP contribution is -2.11. The molecule has 0 aliphatic heterocycles. The van der Waals surface area contributed by atoms with Gasteiger partial charge in [-0.15, -0.1) is 5.10 Å². The molecular weight excluding hydrogens is 364 g/mol. The standard InChI is InChI=1S/C17H16ClF2N5O/c1-24(2)17-22-10-25(23-17)9-11-6-14(12-4-3-5-13(18)7-12)15(21-8-11)26-16(19)20/h3-8,10,16H,9H2,1-2H3. The highest BCUT2D eigenvalue weighted by molar-refractivity contribution is 6.30. The van der Waals surface area contributed by atoms with Crippen LogP contribution in [0.15, 0.2) is 42.9 Å². The maximum absolute atomic E-state index is 12.7. The number of ether oxygens (including phenoxy) is 1. The van der Waals surface area contributed by atoms with E-state index in [-0.39, 0.29) is 5.88 Å². The van der Waals surface area contributed by atoms with Crippen molar-refractivity contribution in [3.63, 3.8) is 0 Å². The molecule has 0 amide bonds. The first-order valence-corrected chi connectivity index (χ1v) is 8.06. The van der Waals surface area contributed by atoms with E-state index >= 15 is 0 Å². The first kappa shape index (κ1) is 18.1. The minimum atomic E-state index is -2.97. The molecule has 136 valence electrons. The Morgan fingerprint density at radius 1 is 1.23 bits per heavy atom. The van der Waals surface area contributed by atoms with Crippen molar-refractivity contribution in [1.82, 2.24) is 19.7 Å². The Morgan fingerprint density at radius 3 is 2.69 bits per heavy atom. The molecule has 0 aliphatic carbocycles. The molecule has 0 atom stereocenters. The van der Waals surface area contributed by atoms with Gasteiger partial charge in [0, 0.05) is 30.9 Å². The van der Waals surface area contributed by atoms with Gasteiger partial charge in [0.15, 0.2) is 0 Å². The predicted octanol–water partition coefficient (Wildman–Crippen LogP) is 3.71. The lowest BCUT2D eigenvalue weighted by atomic mass is 10.1. The average Bonchev–Trinajstić information content (AvgIpc) is 3.04. The van der Waals surface area contributed by atoms with E-state index in [4.69, 9.17) is 11.6 Å². The van der Waals surface area contributed by atoms with Crippen molar-refractivity contribution < 1.29 is 13.5 Å². The molecule has 0 saturated heterocycles. The van der Waals surface area contributed by atoms with Crippen LogP contribution in [0, 0.1) is 0 Å². The van der Waals surface area contributed by atoms with E-state index in [2.05, 4.69) is 19.8 Å². The number of alkyl halides is 2. The van der Waals surface area contributed by atoms with Crippen LogP contribution in [0.1, 0.15) is 5.56 Å². The lowest BCUT2D eigenvalue weighted by molar-refractivity contribution is -0.0524. The topological polar surface area (TPSA) is 56.1 Å². The molecule has 3 aromatic rings. The van der Waals surface area contributed by atoms with Gasteiger partial charge in [0.25, 0.3) is 0 Å². The summed E-state index contributed by atoms with van der Waals surface area (Å²) in [5.41, 5.74) is 1.82. The number of anilines is 1. The Labute approximate surface area is 154 Å². The number of hydrogen-bond acceptors (Lipinski definition) is 5. The molecule has 0 saturated carbocycles. The maximum atomic E-state index is 12.7. The second kappa shape index (κ2) is 7.65. The Bertz CT molecular complexity index is 900. The Kier molecular flexibility index (Phi) is 5.32. The van der Waals surface area contributed by atoms with Gasteiger partial charge in [0.05, 0.1) is 6.54 Å². The van der Waals surface area contributed by atoms with Gasteiger partial charge in [-0.2, -0.15) is 8.78 Å². The molecule has 6 nitrogen and oxygen atoms in total. The largest absolute Gasteiger partial charge is 0.416 e. The fraction of sp³-hybridized carbons (Fsp3) is 0.235. The summed E-state index contributed by atoms with van der Waals surface area (Å²) in [5.74, 6) is 0.421. The minimum Gasteiger partial charge on any atom is -0.416 e. The van der Waals surface area contributed by atoms with Crippen LogP contribution in [0.3, 0.4) is 0 Å². The van der Waals surface area contributed by atoms with E-state index in [1.807, 2.05) is 14.1 Å². The zero-order valence-electron chi connectivity index (χ0n) is 14.1. The van der Waals surface area contributed by atoms with Gasteiger partial charge in [-0.05, 0) is 29.3 Å². The van der Waals surface area contributed by atoms with Crippen molar-refractivity contribution in [3.05, 3.63) is 53.4 Å². The van der Waals surface area contributed by atoms with E-state index in [0.29, 0.717) is 28.6 Å². The Hall–Kier alpha value is -2.74. The number of hydrogen-bond donors (Lipinski definition) is 0. The van der Waals surface area contributed by atoms with Gasteiger partial charge in [-0.1, -0.05) is 23.7 Å². The summed E-state index contributed by atoms with van der Waals surface area (Å²) in [6.45, 7) is -2.58. The van der Waals surface area contributed by atoms with E-state index < -0.39 is 6.61 Å². The number of nitrogens with zero attached hydrogens (tertiary/aromatic N) is 5. The molecule has 0 bridgehead atoms. The lowest BCUT2D eigenvalue weighted by Gasteiger charge is -2.12. The molecule has 0 fully saturated rings. The number of halogens is 3. The summed E-state index contributed by atoms with van der Waals surface area (Å²) < 4.78 is 31.6. The highest BCUT2D eigenvalue weighted by atomic mass is 35.5. The number of pyridine rings is 1. The highest BCUT2D eigenvalue weighted by Gasteiger charge is 2.15.